The van der Waals surface area contributed by atoms with Gasteiger partial charge in [0.2, 0.25) is 0 Å². The molecular weight excluding hydrogens is 555 g/mol. The Morgan fingerprint density at radius 2 is 1.36 bits per heavy atom. The topological polar surface area (TPSA) is 184 Å². The molecular formula is C29H43FN2O10. The van der Waals surface area contributed by atoms with Crippen molar-refractivity contribution in [2.75, 3.05) is 0 Å². The minimum absolute atomic E-state index is 0.0109. The van der Waals surface area contributed by atoms with Gasteiger partial charge in [0.05, 0.1) is 0 Å². The van der Waals surface area contributed by atoms with Crippen molar-refractivity contribution >= 4 is 23.9 Å². The van der Waals surface area contributed by atoms with E-state index in [0.717, 1.165) is 12.1 Å². The van der Waals surface area contributed by atoms with Crippen molar-refractivity contribution in [2.24, 2.45) is 5.84 Å². The van der Waals surface area contributed by atoms with Crippen LogP contribution >= 0.6 is 0 Å². The van der Waals surface area contributed by atoms with Crippen LogP contribution < -0.4 is 11.3 Å². The molecule has 236 valence electrons. The number of rotatable bonds is 15. The predicted molar refractivity (Wildman–Crippen MR) is 147 cm³/mol. The molecule has 0 spiro atoms. The van der Waals surface area contributed by atoms with E-state index in [-0.39, 0.29) is 37.7 Å². The number of alkyl halides is 1. The summed E-state index contributed by atoms with van der Waals surface area (Å²) >= 11 is 0. The van der Waals surface area contributed by atoms with Gasteiger partial charge in [-0.1, -0.05) is 26.8 Å². The fourth-order valence-corrected chi connectivity index (χ4v) is 4.56. The van der Waals surface area contributed by atoms with E-state index in [1.807, 2.05) is 0 Å². The summed E-state index contributed by atoms with van der Waals surface area (Å²) in [6, 6.07) is 3.40. The SMILES string of the molecule is CCCC(=O)O[C@H]1[C@H](OC(=O)CCC)CCC(OC(=O)C(C)(CC(F)c2ccc(O)c(O)c2)NN)[C@@H]1OC(=O)CCC. The molecule has 6 atom stereocenters. The Morgan fingerprint density at radius 1 is 0.881 bits per heavy atom. The maximum Gasteiger partial charge on any atom is 0.327 e. The third kappa shape index (κ3) is 9.55. The van der Waals surface area contributed by atoms with E-state index in [9.17, 15) is 29.4 Å². The molecule has 42 heavy (non-hydrogen) atoms. The van der Waals surface area contributed by atoms with Gasteiger partial charge in [-0.3, -0.25) is 20.2 Å². The third-order valence-corrected chi connectivity index (χ3v) is 6.95. The quantitative estimate of drug-likeness (QED) is 0.0758. The molecule has 2 rings (SSSR count). The first-order chi connectivity index (χ1) is 19.9. The first-order valence-corrected chi connectivity index (χ1v) is 14.3. The number of halogens is 1. The van der Waals surface area contributed by atoms with E-state index in [0.29, 0.717) is 19.3 Å². The number of nitrogens with one attached hydrogen (secondary N) is 1. The smallest absolute Gasteiger partial charge is 0.327 e. The summed E-state index contributed by atoms with van der Waals surface area (Å²) in [6.07, 6.45) is -5.05. The number of aromatic hydroxyl groups is 2. The molecule has 1 aliphatic carbocycles. The third-order valence-electron chi connectivity index (χ3n) is 6.95. The summed E-state index contributed by atoms with van der Waals surface area (Å²) in [5.41, 5.74) is 0.492. The molecule has 1 aliphatic rings. The Balaban J connectivity index is 2.35. The Morgan fingerprint density at radius 3 is 1.81 bits per heavy atom. The number of esters is 4. The second-order valence-corrected chi connectivity index (χ2v) is 10.6. The van der Waals surface area contributed by atoms with Gasteiger partial charge in [0.15, 0.2) is 23.7 Å². The van der Waals surface area contributed by atoms with Crippen molar-refractivity contribution in [3.63, 3.8) is 0 Å². The summed E-state index contributed by atoms with van der Waals surface area (Å²) in [4.78, 5) is 50.9. The number of carbonyl (C=O) groups excluding carboxylic acids is 4. The molecule has 1 aromatic carbocycles. The van der Waals surface area contributed by atoms with Gasteiger partial charge in [0, 0.05) is 25.7 Å². The number of hydrogen-bond donors (Lipinski definition) is 4. The molecule has 0 saturated heterocycles. The van der Waals surface area contributed by atoms with Gasteiger partial charge < -0.3 is 29.2 Å². The van der Waals surface area contributed by atoms with Crippen LogP contribution in [-0.4, -0.2) is 64.0 Å². The van der Waals surface area contributed by atoms with E-state index in [1.54, 1.807) is 20.8 Å². The van der Waals surface area contributed by atoms with Crippen LogP contribution in [0.3, 0.4) is 0 Å². The van der Waals surface area contributed by atoms with Crippen LogP contribution in [0.5, 0.6) is 11.5 Å². The van der Waals surface area contributed by atoms with Gasteiger partial charge >= 0.3 is 23.9 Å². The van der Waals surface area contributed by atoms with Crippen molar-refractivity contribution in [1.29, 1.82) is 0 Å². The van der Waals surface area contributed by atoms with Crippen LogP contribution in [0.1, 0.15) is 97.2 Å². The van der Waals surface area contributed by atoms with Gasteiger partial charge in [-0.25, -0.2) is 14.6 Å². The van der Waals surface area contributed by atoms with Crippen molar-refractivity contribution in [3.05, 3.63) is 23.8 Å². The van der Waals surface area contributed by atoms with Crippen molar-refractivity contribution in [1.82, 2.24) is 5.43 Å². The molecule has 12 nitrogen and oxygen atoms in total. The van der Waals surface area contributed by atoms with E-state index in [2.05, 4.69) is 5.43 Å². The number of hydrogen-bond acceptors (Lipinski definition) is 12. The second kappa shape index (κ2) is 16.3. The highest BCUT2D eigenvalue weighted by molar-refractivity contribution is 5.80. The fourth-order valence-electron chi connectivity index (χ4n) is 4.56. The number of ether oxygens (including phenoxy) is 4. The maximum atomic E-state index is 15.2. The number of phenols is 2. The number of nitrogens with two attached hydrogens (primary N) is 1. The average Bonchev–Trinajstić information content (AvgIpc) is 2.93. The zero-order valence-electron chi connectivity index (χ0n) is 24.6. The van der Waals surface area contributed by atoms with Crippen LogP contribution in [0, 0.1) is 0 Å². The van der Waals surface area contributed by atoms with Crippen LogP contribution in [0.25, 0.3) is 0 Å². The van der Waals surface area contributed by atoms with Crippen LogP contribution in [0.15, 0.2) is 18.2 Å². The van der Waals surface area contributed by atoms with Gasteiger partial charge in [-0.05, 0) is 56.7 Å². The van der Waals surface area contributed by atoms with Crippen LogP contribution in [0.2, 0.25) is 0 Å². The highest BCUT2D eigenvalue weighted by atomic mass is 19.1. The molecule has 3 unspecified atom stereocenters. The molecule has 0 heterocycles. The largest absolute Gasteiger partial charge is 0.504 e. The van der Waals surface area contributed by atoms with Crippen molar-refractivity contribution < 1.29 is 52.7 Å². The number of carbonyl (C=O) groups is 4. The Hall–Kier alpha value is -3.45. The maximum absolute atomic E-state index is 15.2. The van der Waals surface area contributed by atoms with Crippen LogP contribution in [-0.2, 0) is 38.1 Å². The molecule has 1 fully saturated rings. The number of benzene rings is 1. The molecule has 1 saturated carbocycles. The zero-order chi connectivity index (χ0) is 31.4. The van der Waals surface area contributed by atoms with Gasteiger partial charge in [0.25, 0.3) is 0 Å². The van der Waals surface area contributed by atoms with Crippen molar-refractivity contribution in [3.8, 4) is 11.5 Å². The molecule has 0 aromatic heterocycles. The molecule has 0 aliphatic heterocycles. The monoisotopic (exact) mass is 598 g/mol. The lowest BCUT2D eigenvalue weighted by atomic mass is 9.88. The molecule has 0 amide bonds. The Labute approximate surface area is 245 Å². The molecule has 0 bridgehead atoms. The van der Waals surface area contributed by atoms with Gasteiger partial charge in [-0.2, -0.15) is 0 Å². The lowest BCUT2D eigenvalue weighted by molar-refractivity contribution is -0.214. The van der Waals surface area contributed by atoms with Crippen molar-refractivity contribution in [2.45, 2.75) is 122 Å². The lowest BCUT2D eigenvalue weighted by Gasteiger charge is -2.41. The minimum atomic E-state index is -1.81. The Kier molecular flexibility index (Phi) is 13.4. The lowest BCUT2D eigenvalue weighted by Crippen LogP contribution is -2.59. The van der Waals surface area contributed by atoms with E-state index in [4.69, 9.17) is 24.8 Å². The van der Waals surface area contributed by atoms with Gasteiger partial charge in [0.1, 0.15) is 23.9 Å². The zero-order valence-corrected chi connectivity index (χ0v) is 24.6. The minimum Gasteiger partial charge on any atom is -0.504 e. The fraction of sp³-hybridized carbons (Fsp3) is 0.655. The molecule has 0 radical (unpaired) electrons. The first kappa shape index (κ1) is 34.7. The summed E-state index contributed by atoms with van der Waals surface area (Å²) < 4.78 is 37.9. The number of phenolic OH excluding ortho intramolecular Hbond substituents is 2. The molecule has 5 N–H and O–H groups in total. The highest BCUT2D eigenvalue weighted by Gasteiger charge is 2.49. The van der Waals surface area contributed by atoms with E-state index >= 15 is 4.39 Å². The van der Waals surface area contributed by atoms with Gasteiger partial charge in [-0.15, -0.1) is 0 Å². The normalized spacial score (nSPS) is 22.3. The summed E-state index contributed by atoms with van der Waals surface area (Å²) in [5.74, 6) is 1.98. The first-order valence-electron chi connectivity index (χ1n) is 14.3. The van der Waals surface area contributed by atoms with Crippen LogP contribution in [0.4, 0.5) is 4.39 Å². The summed E-state index contributed by atoms with van der Waals surface area (Å²) in [7, 11) is 0. The predicted octanol–water partition coefficient (Wildman–Crippen LogP) is 3.56. The van der Waals surface area contributed by atoms with E-state index < -0.39 is 77.9 Å². The summed E-state index contributed by atoms with van der Waals surface area (Å²) in [6.45, 7) is 6.67. The molecule has 13 heteroatoms. The summed E-state index contributed by atoms with van der Waals surface area (Å²) in [5, 5.41) is 19.3. The average molecular weight is 599 g/mol. The Bertz CT molecular complexity index is 1090. The second-order valence-electron chi connectivity index (χ2n) is 10.6. The standard InChI is InChI=1S/C29H43FN2O10/c1-5-8-23(35)39-21-13-14-22(27(42-25(37)10-7-3)26(21)41-24(36)9-6-2)40-28(38)29(4,32-31)16-18(30)17-11-12-19(33)20(34)15-17/h11-12,15,18,21-22,26-27,32-34H,5-10,13-14,16,31H2,1-4H3/t18?,21-,22?,26+,27+,29?/m1/s1. The number of hydrazine groups is 1. The highest BCUT2D eigenvalue weighted by Crippen LogP contribution is 2.35. The molecule has 1 aromatic rings. The van der Waals surface area contributed by atoms with E-state index in [1.165, 1.54) is 13.0 Å².